The van der Waals surface area contributed by atoms with Crippen molar-refractivity contribution in [3.63, 3.8) is 0 Å². The molecule has 5 nitrogen and oxygen atoms in total. The van der Waals surface area contributed by atoms with Gasteiger partial charge in [0.15, 0.2) is 5.75 Å². The minimum Gasteiger partial charge on any atom is -0.448 e. The van der Waals surface area contributed by atoms with Crippen molar-refractivity contribution in [2.24, 2.45) is 0 Å². The summed E-state index contributed by atoms with van der Waals surface area (Å²) in [5.41, 5.74) is 6.03. The molecule has 0 bridgehead atoms. The number of anilines is 1. The van der Waals surface area contributed by atoms with Crippen LogP contribution in [0, 0.1) is 6.92 Å². The first-order chi connectivity index (χ1) is 16.5. The van der Waals surface area contributed by atoms with Crippen LogP contribution in [0.2, 0.25) is 0 Å². The van der Waals surface area contributed by atoms with E-state index in [0.29, 0.717) is 24.4 Å². The zero-order valence-electron chi connectivity index (χ0n) is 19.6. The van der Waals surface area contributed by atoms with Crippen LogP contribution in [0.4, 0.5) is 10.5 Å². The molecule has 1 amide bonds. The van der Waals surface area contributed by atoms with Gasteiger partial charge in [-0.3, -0.25) is 9.69 Å². The second-order valence-corrected chi connectivity index (χ2v) is 8.28. The van der Waals surface area contributed by atoms with E-state index in [4.69, 9.17) is 9.47 Å². The molecule has 174 valence electrons. The van der Waals surface area contributed by atoms with Crippen LogP contribution in [0.25, 0.3) is 11.1 Å². The van der Waals surface area contributed by atoms with E-state index in [9.17, 15) is 9.59 Å². The van der Waals surface area contributed by atoms with Gasteiger partial charge in [-0.1, -0.05) is 73.7 Å². The molecule has 0 atom stereocenters. The summed E-state index contributed by atoms with van der Waals surface area (Å²) >= 11 is 0. The highest BCUT2D eigenvalue weighted by atomic mass is 16.6. The third kappa shape index (κ3) is 4.60. The molecule has 1 aliphatic rings. The highest BCUT2D eigenvalue weighted by Gasteiger charge is 2.30. The van der Waals surface area contributed by atoms with Gasteiger partial charge >= 0.3 is 12.1 Å². The molecule has 0 N–H and O–H groups in total. The highest BCUT2D eigenvalue weighted by molar-refractivity contribution is 5.92. The third-order valence-electron chi connectivity index (χ3n) is 6.10. The molecule has 1 aliphatic carbocycles. The van der Waals surface area contributed by atoms with E-state index in [-0.39, 0.29) is 24.9 Å². The van der Waals surface area contributed by atoms with Crippen molar-refractivity contribution in [3.8, 4) is 16.9 Å². The number of amides is 1. The average Bonchev–Trinajstić information content (AvgIpc) is 3.18. The van der Waals surface area contributed by atoms with Gasteiger partial charge in [-0.15, -0.1) is 6.58 Å². The standard InChI is InChI=1S/C29H29NO4/c1-4-6-18-30(28-20(3)12-11-17-26(28)34-27(31)5-2)29(32)33-19-25-23-15-9-7-13-21(23)22-14-8-10-16-24(22)25/h4,7-17,25H,1,5-6,18-19H2,2-3H3. The number of carbonyl (C=O) groups excluding carboxylic acids is 2. The number of nitrogens with zero attached hydrogens (tertiary/aromatic N) is 1. The number of hydrogen-bond acceptors (Lipinski definition) is 4. The molecule has 0 saturated carbocycles. The maximum atomic E-state index is 13.4. The van der Waals surface area contributed by atoms with Crippen LogP contribution in [-0.4, -0.2) is 25.2 Å². The Hall–Kier alpha value is -3.86. The van der Waals surface area contributed by atoms with Crippen LogP contribution in [-0.2, 0) is 9.53 Å². The summed E-state index contributed by atoms with van der Waals surface area (Å²) < 4.78 is 11.5. The Labute approximate surface area is 200 Å². The molecule has 34 heavy (non-hydrogen) atoms. The molecule has 0 aromatic heterocycles. The van der Waals surface area contributed by atoms with Crippen molar-refractivity contribution in [1.29, 1.82) is 0 Å². The van der Waals surface area contributed by atoms with Crippen molar-refractivity contribution in [2.75, 3.05) is 18.1 Å². The Morgan fingerprint density at radius 3 is 2.24 bits per heavy atom. The second kappa shape index (κ2) is 10.4. The van der Waals surface area contributed by atoms with Crippen LogP contribution < -0.4 is 9.64 Å². The van der Waals surface area contributed by atoms with Crippen LogP contribution in [0.15, 0.2) is 79.4 Å². The predicted octanol–water partition coefficient (Wildman–Crippen LogP) is 6.64. The van der Waals surface area contributed by atoms with Gasteiger partial charge in [-0.05, 0) is 47.2 Å². The smallest absolute Gasteiger partial charge is 0.414 e. The number of fused-ring (bicyclic) bond motifs is 3. The molecule has 5 heteroatoms. The maximum Gasteiger partial charge on any atom is 0.414 e. The van der Waals surface area contributed by atoms with Gasteiger partial charge in [0.05, 0.1) is 5.69 Å². The van der Waals surface area contributed by atoms with Gasteiger partial charge in [0, 0.05) is 18.9 Å². The van der Waals surface area contributed by atoms with Gasteiger partial charge in [0.2, 0.25) is 0 Å². The van der Waals surface area contributed by atoms with Crippen molar-refractivity contribution in [2.45, 2.75) is 32.6 Å². The quantitative estimate of drug-likeness (QED) is 0.217. The van der Waals surface area contributed by atoms with Crippen LogP contribution in [0.5, 0.6) is 5.75 Å². The minimum atomic E-state index is -0.480. The molecule has 0 saturated heterocycles. The van der Waals surface area contributed by atoms with Crippen molar-refractivity contribution in [3.05, 3.63) is 96.1 Å². The van der Waals surface area contributed by atoms with Gasteiger partial charge in [0.1, 0.15) is 6.61 Å². The molecule has 0 heterocycles. The molecular weight excluding hydrogens is 426 g/mol. The first kappa shape index (κ1) is 23.3. The lowest BCUT2D eigenvalue weighted by molar-refractivity contribution is -0.133. The first-order valence-corrected chi connectivity index (χ1v) is 11.6. The zero-order valence-corrected chi connectivity index (χ0v) is 19.6. The number of para-hydroxylation sites is 1. The van der Waals surface area contributed by atoms with E-state index in [2.05, 4.69) is 30.8 Å². The molecule has 0 unspecified atom stereocenters. The SMILES string of the molecule is C=CCCN(C(=O)OCC1c2ccccc2-c2ccccc21)c1c(C)cccc1OC(=O)CC. The fourth-order valence-electron chi connectivity index (χ4n) is 4.44. The maximum absolute atomic E-state index is 13.4. The summed E-state index contributed by atoms with van der Waals surface area (Å²) in [5.74, 6) is -0.0423. The second-order valence-electron chi connectivity index (χ2n) is 8.28. The Morgan fingerprint density at radius 1 is 0.971 bits per heavy atom. The van der Waals surface area contributed by atoms with Crippen molar-refractivity contribution >= 4 is 17.7 Å². The number of benzene rings is 3. The van der Waals surface area contributed by atoms with Gasteiger partial charge in [-0.2, -0.15) is 0 Å². The van der Waals surface area contributed by atoms with Crippen LogP contribution in [0.1, 0.15) is 42.4 Å². The number of esters is 1. The van der Waals surface area contributed by atoms with Gasteiger partial charge in [0.25, 0.3) is 0 Å². The summed E-state index contributed by atoms with van der Waals surface area (Å²) in [7, 11) is 0. The monoisotopic (exact) mass is 455 g/mol. The molecule has 3 aromatic rings. The van der Waals surface area contributed by atoms with E-state index in [0.717, 1.165) is 16.7 Å². The van der Waals surface area contributed by atoms with E-state index in [1.807, 2.05) is 37.3 Å². The van der Waals surface area contributed by atoms with Crippen molar-refractivity contribution < 1.29 is 19.1 Å². The number of hydrogen-bond donors (Lipinski definition) is 0. The van der Waals surface area contributed by atoms with Gasteiger partial charge in [-0.25, -0.2) is 4.79 Å². The number of rotatable bonds is 8. The largest absolute Gasteiger partial charge is 0.448 e. The lowest BCUT2D eigenvalue weighted by Gasteiger charge is -2.26. The lowest BCUT2D eigenvalue weighted by Crippen LogP contribution is -2.34. The average molecular weight is 456 g/mol. The normalized spacial score (nSPS) is 11.9. The van der Waals surface area contributed by atoms with Gasteiger partial charge < -0.3 is 9.47 Å². The first-order valence-electron chi connectivity index (χ1n) is 11.6. The fourth-order valence-corrected chi connectivity index (χ4v) is 4.44. The minimum absolute atomic E-state index is 0.0353. The highest BCUT2D eigenvalue weighted by Crippen LogP contribution is 2.44. The molecule has 0 aliphatic heterocycles. The number of carbonyl (C=O) groups is 2. The topological polar surface area (TPSA) is 55.8 Å². The molecule has 0 radical (unpaired) electrons. The van der Waals surface area contributed by atoms with Crippen LogP contribution >= 0.6 is 0 Å². The van der Waals surface area contributed by atoms with E-state index in [1.54, 1.807) is 30.0 Å². The Bertz CT molecular complexity index is 1170. The van der Waals surface area contributed by atoms with Crippen LogP contribution in [0.3, 0.4) is 0 Å². The van der Waals surface area contributed by atoms with E-state index >= 15 is 0 Å². The molecule has 3 aromatic carbocycles. The third-order valence-corrected chi connectivity index (χ3v) is 6.10. The van der Waals surface area contributed by atoms with Crippen molar-refractivity contribution in [1.82, 2.24) is 0 Å². The molecule has 0 spiro atoms. The predicted molar refractivity (Wildman–Crippen MR) is 134 cm³/mol. The van der Waals surface area contributed by atoms with E-state index < -0.39 is 6.09 Å². The lowest BCUT2D eigenvalue weighted by atomic mass is 9.98. The summed E-state index contributed by atoms with van der Waals surface area (Å²) in [6, 6.07) is 21.9. The Balaban J connectivity index is 1.61. The summed E-state index contributed by atoms with van der Waals surface area (Å²) in [6.45, 7) is 7.99. The molecule has 0 fully saturated rings. The molecule has 4 rings (SSSR count). The fraction of sp³-hybridized carbons (Fsp3) is 0.241. The number of aryl methyl sites for hydroxylation is 1. The summed E-state index contributed by atoms with van der Waals surface area (Å²) in [4.78, 5) is 27.0. The number of ether oxygens (including phenoxy) is 2. The zero-order chi connectivity index (χ0) is 24.1. The Morgan fingerprint density at radius 2 is 1.62 bits per heavy atom. The molecular formula is C29H29NO4. The Kier molecular flexibility index (Phi) is 7.12. The summed E-state index contributed by atoms with van der Waals surface area (Å²) in [5, 5.41) is 0. The summed E-state index contributed by atoms with van der Waals surface area (Å²) in [6.07, 6.45) is 2.08. The van der Waals surface area contributed by atoms with E-state index in [1.165, 1.54) is 11.1 Å².